The molecule has 0 aromatic heterocycles. The van der Waals surface area contributed by atoms with Gasteiger partial charge in [-0.1, -0.05) is 13.8 Å². The van der Waals surface area contributed by atoms with Crippen LogP contribution in [0.2, 0.25) is 0 Å². The number of carbonyl (C=O) groups is 2. The van der Waals surface area contributed by atoms with E-state index >= 15 is 0 Å². The minimum absolute atomic E-state index is 0.00635. The summed E-state index contributed by atoms with van der Waals surface area (Å²) in [5, 5.41) is 11.9. The predicted molar refractivity (Wildman–Crippen MR) is 72.9 cm³/mol. The summed E-state index contributed by atoms with van der Waals surface area (Å²) in [4.78, 5) is 24.1. The third-order valence-electron chi connectivity index (χ3n) is 3.60. The van der Waals surface area contributed by atoms with Crippen LogP contribution < -0.4 is 5.32 Å². The molecule has 1 fully saturated rings. The molecule has 0 heterocycles. The van der Waals surface area contributed by atoms with E-state index in [0.29, 0.717) is 18.5 Å². The van der Waals surface area contributed by atoms with Gasteiger partial charge in [-0.15, -0.1) is 0 Å². The van der Waals surface area contributed by atoms with E-state index < -0.39 is 5.92 Å². The summed E-state index contributed by atoms with van der Waals surface area (Å²) in [6.45, 7) is 4.11. The van der Waals surface area contributed by atoms with Crippen LogP contribution in [0.5, 0.6) is 5.75 Å². The first-order chi connectivity index (χ1) is 8.87. The number of benzene rings is 1. The Hall–Kier alpha value is -1.84. The van der Waals surface area contributed by atoms with Crippen molar-refractivity contribution in [1.82, 2.24) is 0 Å². The lowest BCUT2D eigenvalue weighted by atomic mass is 9.72. The molecule has 1 atom stereocenters. The van der Waals surface area contributed by atoms with E-state index in [9.17, 15) is 14.7 Å². The van der Waals surface area contributed by atoms with Crippen molar-refractivity contribution in [3.8, 4) is 5.75 Å². The van der Waals surface area contributed by atoms with Gasteiger partial charge in [0.1, 0.15) is 11.5 Å². The van der Waals surface area contributed by atoms with Gasteiger partial charge in [0.2, 0.25) is 5.91 Å². The zero-order valence-electron chi connectivity index (χ0n) is 11.3. The summed E-state index contributed by atoms with van der Waals surface area (Å²) in [5.41, 5.74) is 0.604. The van der Waals surface area contributed by atoms with Crippen LogP contribution in [0.15, 0.2) is 24.3 Å². The van der Waals surface area contributed by atoms with Gasteiger partial charge in [0, 0.05) is 12.1 Å². The van der Waals surface area contributed by atoms with Crippen LogP contribution in [0.3, 0.4) is 0 Å². The third kappa shape index (κ3) is 3.34. The molecule has 4 heteroatoms. The van der Waals surface area contributed by atoms with Gasteiger partial charge in [-0.2, -0.15) is 0 Å². The smallest absolute Gasteiger partial charge is 0.234 e. The molecule has 4 nitrogen and oxygen atoms in total. The van der Waals surface area contributed by atoms with Crippen molar-refractivity contribution in [1.29, 1.82) is 0 Å². The molecule has 1 aliphatic carbocycles. The molecule has 1 aromatic rings. The minimum atomic E-state index is -0.540. The largest absolute Gasteiger partial charge is 0.508 e. The fourth-order valence-corrected chi connectivity index (χ4v) is 2.43. The highest BCUT2D eigenvalue weighted by molar-refractivity contribution is 6.07. The van der Waals surface area contributed by atoms with Crippen molar-refractivity contribution >= 4 is 17.4 Å². The summed E-state index contributed by atoms with van der Waals surface area (Å²) in [5.74, 6) is -0.617. The Morgan fingerprint density at radius 2 is 1.95 bits per heavy atom. The van der Waals surface area contributed by atoms with Gasteiger partial charge >= 0.3 is 0 Å². The molecule has 0 spiro atoms. The average Bonchev–Trinajstić information content (AvgIpc) is 2.30. The number of Topliss-reactive ketones (excluding diaryl/α,β-unsaturated/α-hetero) is 1. The molecule has 19 heavy (non-hydrogen) atoms. The van der Waals surface area contributed by atoms with Crippen molar-refractivity contribution in [2.24, 2.45) is 11.3 Å². The van der Waals surface area contributed by atoms with Crippen LogP contribution in [-0.4, -0.2) is 16.8 Å². The van der Waals surface area contributed by atoms with Crippen molar-refractivity contribution in [2.75, 3.05) is 5.32 Å². The van der Waals surface area contributed by atoms with Crippen LogP contribution in [0, 0.1) is 11.3 Å². The van der Waals surface area contributed by atoms with E-state index in [4.69, 9.17) is 0 Å². The van der Waals surface area contributed by atoms with Crippen LogP contribution in [0.4, 0.5) is 5.69 Å². The molecule has 0 saturated heterocycles. The standard InChI is InChI=1S/C15H19NO3/c1-15(2)8-7-12(13(18)9-15)14(19)16-10-3-5-11(17)6-4-10/h3-6,12,17H,7-9H2,1-2H3,(H,16,19). The second-order valence-corrected chi connectivity index (χ2v) is 5.93. The maximum Gasteiger partial charge on any atom is 0.234 e. The first-order valence-electron chi connectivity index (χ1n) is 6.50. The van der Waals surface area contributed by atoms with E-state index in [1.54, 1.807) is 12.1 Å². The molecule has 1 aromatic carbocycles. The quantitative estimate of drug-likeness (QED) is 0.635. The molecular formula is C15H19NO3. The summed E-state index contributed by atoms with van der Waals surface area (Å²) in [7, 11) is 0. The Bertz CT molecular complexity index is 491. The molecular weight excluding hydrogens is 242 g/mol. The number of aromatic hydroxyl groups is 1. The van der Waals surface area contributed by atoms with E-state index in [1.807, 2.05) is 0 Å². The molecule has 0 aliphatic heterocycles. The topological polar surface area (TPSA) is 66.4 Å². The third-order valence-corrected chi connectivity index (χ3v) is 3.60. The monoisotopic (exact) mass is 261 g/mol. The SMILES string of the molecule is CC1(C)CCC(C(=O)Nc2ccc(O)cc2)C(=O)C1. The Morgan fingerprint density at radius 1 is 1.32 bits per heavy atom. The first-order valence-corrected chi connectivity index (χ1v) is 6.50. The molecule has 1 unspecified atom stereocenters. The second-order valence-electron chi connectivity index (χ2n) is 5.93. The molecule has 2 N–H and O–H groups in total. The number of rotatable bonds is 2. The fraction of sp³-hybridized carbons (Fsp3) is 0.467. The van der Waals surface area contributed by atoms with Crippen LogP contribution in [-0.2, 0) is 9.59 Å². The van der Waals surface area contributed by atoms with Gasteiger partial charge in [0.05, 0.1) is 5.92 Å². The fourth-order valence-electron chi connectivity index (χ4n) is 2.43. The molecule has 2 rings (SSSR count). The highest BCUT2D eigenvalue weighted by Crippen LogP contribution is 2.36. The Balaban J connectivity index is 2.01. The molecule has 0 bridgehead atoms. The minimum Gasteiger partial charge on any atom is -0.508 e. The van der Waals surface area contributed by atoms with Gasteiger partial charge in [-0.25, -0.2) is 0 Å². The first kappa shape index (κ1) is 13.6. The Morgan fingerprint density at radius 3 is 2.53 bits per heavy atom. The van der Waals surface area contributed by atoms with E-state index in [-0.39, 0.29) is 22.9 Å². The van der Waals surface area contributed by atoms with E-state index in [0.717, 1.165) is 6.42 Å². The van der Waals surface area contributed by atoms with E-state index in [1.165, 1.54) is 12.1 Å². The van der Waals surface area contributed by atoms with Crippen molar-refractivity contribution in [2.45, 2.75) is 33.1 Å². The highest BCUT2D eigenvalue weighted by Gasteiger charge is 2.37. The maximum absolute atomic E-state index is 12.1. The maximum atomic E-state index is 12.1. The lowest BCUT2D eigenvalue weighted by Gasteiger charge is -2.32. The second kappa shape index (κ2) is 5.03. The van der Waals surface area contributed by atoms with Gasteiger partial charge in [0.25, 0.3) is 0 Å². The Labute approximate surface area is 112 Å². The van der Waals surface area contributed by atoms with Crippen molar-refractivity contribution in [3.05, 3.63) is 24.3 Å². The zero-order chi connectivity index (χ0) is 14.0. The average molecular weight is 261 g/mol. The van der Waals surface area contributed by atoms with Gasteiger partial charge in [0.15, 0.2) is 0 Å². The lowest BCUT2D eigenvalue weighted by Crippen LogP contribution is -2.37. The van der Waals surface area contributed by atoms with Crippen molar-refractivity contribution < 1.29 is 14.7 Å². The highest BCUT2D eigenvalue weighted by atomic mass is 16.3. The summed E-state index contributed by atoms with van der Waals surface area (Å²) >= 11 is 0. The van der Waals surface area contributed by atoms with Crippen LogP contribution in [0.25, 0.3) is 0 Å². The molecule has 0 radical (unpaired) electrons. The molecule has 1 saturated carbocycles. The van der Waals surface area contributed by atoms with Crippen LogP contribution >= 0.6 is 0 Å². The molecule has 102 valence electrons. The van der Waals surface area contributed by atoms with Gasteiger partial charge in [-0.05, 0) is 42.5 Å². The lowest BCUT2D eigenvalue weighted by molar-refractivity contribution is -0.135. The van der Waals surface area contributed by atoms with Gasteiger partial charge in [-0.3, -0.25) is 9.59 Å². The number of hydrogen-bond donors (Lipinski definition) is 2. The number of phenols is 1. The zero-order valence-corrected chi connectivity index (χ0v) is 11.3. The molecule has 1 aliphatic rings. The summed E-state index contributed by atoms with van der Waals surface area (Å²) in [6.07, 6.45) is 1.95. The number of ketones is 1. The number of carbonyl (C=O) groups excluding carboxylic acids is 2. The van der Waals surface area contributed by atoms with E-state index in [2.05, 4.69) is 19.2 Å². The summed E-state index contributed by atoms with van der Waals surface area (Å²) in [6, 6.07) is 6.23. The number of anilines is 1. The Kier molecular flexibility index (Phi) is 3.60. The van der Waals surface area contributed by atoms with Gasteiger partial charge < -0.3 is 10.4 Å². The normalized spacial score (nSPS) is 22.0. The number of nitrogens with one attached hydrogen (secondary N) is 1. The number of hydrogen-bond acceptors (Lipinski definition) is 3. The summed E-state index contributed by atoms with van der Waals surface area (Å²) < 4.78 is 0. The number of phenolic OH excluding ortho intramolecular Hbond substituents is 1. The van der Waals surface area contributed by atoms with Crippen molar-refractivity contribution in [3.63, 3.8) is 0 Å². The number of amides is 1. The molecule has 1 amide bonds. The van der Waals surface area contributed by atoms with Crippen LogP contribution in [0.1, 0.15) is 33.1 Å². The predicted octanol–water partition coefficient (Wildman–Crippen LogP) is 2.73.